The van der Waals surface area contributed by atoms with Crippen molar-refractivity contribution in [1.82, 2.24) is 0 Å². The quantitative estimate of drug-likeness (QED) is 0.737. The zero-order valence-electron chi connectivity index (χ0n) is 16.5. The molecule has 158 valence electrons. The molecular weight excluding hydrogens is 405 g/mol. The van der Waals surface area contributed by atoms with Crippen LogP contribution in [-0.2, 0) is 21.0 Å². The van der Waals surface area contributed by atoms with Gasteiger partial charge in [0, 0.05) is 5.69 Å². The van der Waals surface area contributed by atoms with Crippen LogP contribution in [0.2, 0.25) is 0 Å². The predicted octanol–water partition coefficient (Wildman–Crippen LogP) is 4.51. The number of benzene rings is 2. The molecule has 29 heavy (non-hydrogen) atoms. The molecule has 5 nitrogen and oxygen atoms in total. The maximum Gasteiger partial charge on any atom is 0.416 e. The van der Waals surface area contributed by atoms with E-state index in [1.807, 2.05) is 6.07 Å². The van der Waals surface area contributed by atoms with Gasteiger partial charge in [0.1, 0.15) is 6.04 Å². The summed E-state index contributed by atoms with van der Waals surface area (Å²) in [4.78, 5) is 12.8. The number of carbonyl (C=O) groups is 1. The van der Waals surface area contributed by atoms with Gasteiger partial charge in [0.25, 0.3) is 0 Å². The van der Waals surface area contributed by atoms with Crippen LogP contribution in [0.3, 0.4) is 0 Å². The molecule has 0 saturated carbocycles. The van der Waals surface area contributed by atoms with Crippen LogP contribution in [0.5, 0.6) is 0 Å². The first-order valence-corrected chi connectivity index (χ1v) is 10.7. The van der Waals surface area contributed by atoms with Crippen molar-refractivity contribution >= 4 is 27.3 Å². The van der Waals surface area contributed by atoms with E-state index >= 15 is 0 Å². The highest BCUT2D eigenvalue weighted by Crippen LogP contribution is 2.31. The van der Waals surface area contributed by atoms with Crippen LogP contribution in [0.25, 0.3) is 0 Å². The van der Waals surface area contributed by atoms with Crippen LogP contribution in [0.4, 0.5) is 24.5 Å². The first-order chi connectivity index (χ1) is 13.3. The Morgan fingerprint density at radius 1 is 1.10 bits per heavy atom. The summed E-state index contributed by atoms with van der Waals surface area (Å²) in [5.41, 5.74) is 1.01. The summed E-state index contributed by atoms with van der Waals surface area (Å²) >= 11 is 0. The molecule has 1 amide bonds. The molecule has 0 aliphatic carbocycles. The second-order valence-corrected chi connectivity index (χ2v) is 8.76. The standard InChI is InChI=1S/C20H23F3N2O3S/c1-5-18(19(26)24-16-8-6-7-15(12-16)20(21,22)23)25(29(4,27)28)17-10-13(2)9-14(3)11-17/h6-12,18H,5H2,1-4H3,(H,24,26)/t18-/m0/s1. The van der Waals surface area contributed by atoms with Crippen molar-refractivity contribution in [3.63, 3.8) is 0 Å². The van der Waals surface area contributed by atoms with E-state index in [-0.39, 0.29) is 12.1 Å². The highest BCUT2D eigenvalue weighted by Gasteiger charge is 2.33. The summed E-state index contributed by atoms with van der Waals surface area (Å²) in [6.45, 7) is 5.25. The number of sulfonamides is 1. The Morgan fingerprint density at radius 3 is 2.17 bits per heavy atom. The lowest BCUT2D eigenvalue weighted by Gasteiger charge is -2.30. The van der Waals surface area contributed by atoms with Crippen LogP contribution in [0, 0.1) is 13.8 Å². The second-order valence-electron chi connectivity index (χ2n) is 6.90. The Labute approximate surface area is 168 Å². The van der Waals surface area contributed by atoms with Gasteiger partial charge in [0.05, 0.1) is 17.5 Å². The zero-order chi connectivity index (χ0) is 22.0. The molecule has 0 bridgehead atoms. The smallest absolute Gasteiger partial charge is 0.324 e. The lowest BCUT2D eigenvalue weighted by atomic mass is 10.1. The van der Waals surface area contributed by atoms with Crippen molar-refractivity contribution < 1.29 is 26.4 Å². The number of anilines is 2. The van der Waals surface area contributed by atoms with Gasteiger partial charge in [0.2, 0.25) is 15.9 Å². The fourth-order valence-electron chi connectivity index (χ4n) is 3.14. The zero-order valence-corrected chi connectivity index (χ0v) is 17.4. The van der Waals surface area contributed by atoms with Crippen LogP contribution < -0.4 is 9.62 Å². The molecular formula is C20H23F3N2O3S. The summed E-state index contributed by atoms with van der Waals surface area (Å²) in [7, 11) is -3.84. The molecule has 0 saturated heterocycles. The normalized spacial score (nSPS) is 13.1. The molecule has 2 rings (SSSR count). The highest BCUT2D eigenvalue weighted by molar-refractivity contribution is 7.92. The molecule has 0 unspecified atom stereocenters. The van der Waals surface area contributed by atoms with Crippen molar-refractivity contribution in [2.75, 3.05) is 15.9 Å². The van der Waals surface area contributed by atoms with Gasteiger partial charge < -0.3 is 5.32 Å². The number of nitrogens with zero attached hydrogens (tertiary/aromatic N) is 1. The van der Waals surface area contributed by atoms with Gasteiger partial charge >= 0.3 is 6.18 Å². The first-order valence-electron chi connectivity index (χ1n) is 8.88. The lowest BCUT2D eigenvalue weighted by Crippen LogP contribution is -2.47. The average molecular weight is 428 g/mol. The summed E-state index contributed by atoms with van der Waals surface area (Å²) in [5, 5.41) is 2.41. The van der Waals surface area contributed by atoms with Gasteiger partial charge in [-0.25, -0.2) is 8.42 Å². The van der Waals surface area contributed by atoms with Crippen molar-refractivity contribution in [1.29, 1.82) is 0 Å². The average Bonchev–Trinajstić information content (AvgIpc) is 2.56. The van der Waals surface area contributed by atoms with E-state index < -0.39 is 33.7 Å². The molecule has 9 heteroatoms. The molecule has 0 aromatic heterocycles. The fraction of sp³-hybridized carbons (Fsp3) is 0.350. The molecule has 0 spiro atoms. The Morgan fingerprint density at radius 2 is 1.69 bits per heavy atom. The van der Waals surface area contributed by atoms with E-state index in [9.17, 15) is 26.4 Å². The van der Waals surface area contributed by atoms with Gasteiger partial charge in [0.15, 0.2) is 0 Å². The number of halogens is 3. The first kappa shape index (κ1) is 22.7. The lowest BCUT2D eigenvalue weighted by molar-refractivity contribution is -0.137. The monoisotopic (exact) mass is 428 g/mol. The minimum Gasteiger partial charge on any atom is -0.324 e. The summed E-state index contributed by atoms with van der Waals surface area (Å²) in [6, 6.07) is 8.24. The number of aryl methyl sites for hydroxylation is 2. The predicted molar refractivity (Wildman–Crippen MR) is 107 cm³/mol. The molecule has 2 aromatic carbocycles. The van der Waals surface area contributed by atoms with Gasteiger partial charge in [-0.1, -0.05) is 19.1 Å². The van der Waals surface area contributed by atoms with Crippen LogP contribution >= 0.6 is 0 Å². The second kappa shape index (κ2) is 8.44. The molecule has 2 aromatic rings. The number of nitrogens with one attached hydrogen (secondary N) is 1. The highest BCUT2D eigenvalue weighted by atomic mass is 32.2. The van der Waals surface area contributed by atoms with Crippen molar-refractivity contribution in [2.24, 2.45) is 0 Å². The molecule has 1 N–H and O–H groups in total. The van der Waals surface area contributed by atoms with E-state index in [1.165, 1.54) is 12.1 Å². The van der Waals surface area contributed by atoms with Crippen LogP contribution in [0.15, 0.2) is 42.5 Å². The fourth-order valence-corrected chi connectivity index (χ4v) is 4.33. The molecule has 0 radical (unpaired) electrons. The number of amides is 1. The third kappa shape index (κ3) is 5.72. The third-order valence-electron chi connectivity index (χ3n) is 4.25. The maximum absolute atomic E-state index is 12.9. The Hall–Kier alpha value is -2.55. The van der Waals surface area contributed by atoms with Gasteiger partial charge in [-0.2, -0.15) is 13.2 Å². The number of alkyl halides is 3. The van der Waals surface area contributed by atoms with Crippen LogP contribution in [-0.4, -0.2) is 26.6 Å². The van der Waals surface area contributed by atoms with E-state index in [0.717, 1.165) is 33.8 Å². The summed E-state index contributed by atoms with van der Waals surface area (Å²) < 4.78 is 64.7. The summed E-state index contributed by atoms with van der Waals surface area (Å²) in [6.07, 6.45) is -3.43. The Balaban J connectivity index is 2.42. The Kier molecular flexibility index (Phi) is 6.62. The van der Waals surface area contributed by atoms with Gasteiger partial charge in [-0.3, -0.25) is 9.10 Å². The van der Waals surface area contributed by atoms with Crippen molar-refractivity contribution in [2.45, 2.75) is 39.4 Å². The van der Waals surface area contributed by atoms with Crippen molar-refractivity contribution in [3.05, 3.63) is 59.2 Å². The summed E-state index contributed by atoms with van der Waals surface area (Å²) in [5.74, 6) is -0.712. The number of carbonyl (C=O) groups excluding carboxylic acids is 1. The number of hydrogen-bond acceptors (Lipinski definition) is 3. The topological polar surface area (TPSA) is 66.5 Å². The van der Waals surface area contributed by atoms with E-state index in [1.54, 1.807) is 32.9 Å². The molecule has 0 fully saturated rings. The molecule has 0 aliphatic heterocycles. The Bertz CT molecular complexity index is 984. The van der Waals surface area contributed by atoms with E-state index in [4.69, 9.17) is 0 Å². The number of rotatable bonds is 6. The maximum atomic E-state index is 12.9. The van der Waals surface area contributed by atoms with E-state index in [0.29, 0.717) is 5.69 Å². The largest absolute Gasteiger partial charge is 0.416 e. The van der Waals surface area contributed by atoms with Crippen LogP contribution in [0.1, 0.15) is 30.0 Å². The SMILES string of the molecule is CC[C@@H](C(=O)Nc1cccc(C(F)(F)F)c1)N(c1cc(C)cc(C)c1)S(C)(=O)=O. The molecule has 0 heterocycles. The van der Waals surface area contributed by atoms with Gasteiger partial charge in [-0.15, -0.1) is 0 Å². The third-order valence-corrected chi connectivity index (χ3v) is 5.43. The molecule has 1 atom stereocenters. The van der Waals surface area contributed by atoms with Crippen molar-refractivity contribution in [3.8, 4) is 0 Å². The minimum absolute atomic E-state index is 0.0582. The van der Waals surface area contributed by atoms with E-state index in [2.05, 4.69) is 5.32 Å². The van der Waals surface area contributed by atoms with Gasteiger partial charge in [-0.05, 0) is 61.7 Å². The minimum atomic E-state index is -4.55. The molecule has 0 aliphatic rings. The number of hydrogen-bond donors (Lipinski definition) is 1.